The molecule has 0 saturated heterocycles. The Morgan fingerprint density at radius 1 is 1.31 bits per heavy atom. The van der Waals surface area contributed by atoms with Gasteiger partial charge in [0.2, 0.25) is 0 Å². The summed E-state index contributed by atoms with van der Waals surface area (Å²) in [5.74, 6) is 0. The normalized spacial score (nSPS) is 10.1. The van der Waals surface area contributed by atoms with E-state index in [0.29, 0.717) is 11.4 Å². The highest BCUT2D eigenvalue weighted by atomic mass is 35.5. The number of nitrogens with two attached hydrogens (primary N) is 1. The summed E-state index contributed by atoms with van der Waals surface area (Å²) >= 11 is 5.80. The Kier molecular flexibility index (Phi) is 2.78. The molecule has 82 valence electrons. The lowest BCUT2D eigenvalue weighted by molar-refractivity contribution is 0.991. The van der Waals surface area contributed by atoms with Crippen LogP contribution in [0, 0.1) is 0 Å². The molecule has 6 heteroatoms. The van der Waals surface area contributed by atoms with Gasteiger partial charge in [0.15, 0.2) is 0 Å². The van der Waals surface area contributed by atoms with Crippen molar-refractivity contribution < 1.29 is 0 Å². The standard InChI is InChI=1S/C10H9ClN4O/c11-9-8(5-13-15-10(9)16)14-7-3-1-6(12)2-4-7/h1-5H,12H2,(H2,14,15,16). The third kappa shape index (κ3) is 2.14. The van der Waals surface area contributed by atoms with E-state index in [9.17, 15) is 4.79 Å². The van der Waals surface area contributed by atoms with Gasteiger partial charge in [0, 0.05) is 11.4 Å². The minimum absolute atomic E-state index is 0.0758. The van der Waals surface area contributed by atoms with Crippen molar-refractivity contribution in [2.75, 3.05) is 11.1 Å². The number of aromatic amines is 1. The molecule has 0 aliphatic rings. The number of nitrogens with zero attached hydrogens (tertiary/aromatic N) is 1. The smallest absolute Gasteiger partial charge is 0.285 e. The molecule has 0 fully saturated rings. The number of H-pyrrole nitrogens is 1. The van der Waals surface area contributed by atoms with Gasteiger partial charge in [0.25, 0.3) is 5.56 Å². The summed E-state index contributed by atoms with van der Waals surface area (Å²) in [6.45, 7) is 0. The van der Waals surface area contributed by atoms with Gasteiger partial charge in [-0.2, -0.15) is 5.10 Å². The molecule has 0 amide bonds. The van der Waals surface area contributed by atoms with Crippen LogP contribution in [0.2, 0.25) is 5.02 Å². The van der Waals surface area contributed by atoms with Crippen LogP contribution in [0.1, 0.15) is 0 Å². The lowest BCUT2D eigenvalue weighted by Gasteiger charge is -2.06. The van der Waals surface area contributed by atoms with E-state index in [4.69, 9.17) is 17.3 Å². The molecule has 0 aliphatic carbocycles. The van der Waals surface area contributed by atoms with Crippen LogP contribution in [0.15, 0.2) is 35.3 Å². The molecule has 16 heavy (non-hydrogen) atoms. The van der Waals surface area contributed by atoms with Gasteiger partial charge < -0.3 is 11.1 Å². The zero-order chi connectivity index (χ0) is 11.5. The third-order valence-electron chi connectivity index (χ3n) is 1.99. The maximum Gasteiger partial charge on any atom is 0.285 e. The molecule has 0 saturated carbocycles. The van der Waals surface area contributed by atoms with Gasteiger partial charge in [-0.15, -0.1) is 0 Å². The Morgan fingerprint density at radius 2 is 2.00 bits per heavy atom. The van der Waals surface area contributed by atoms with Gasteiger partial charge in [-0.25, -0.2) is 5.10 Å². The van der Waals surface area contributed by atoms with E-state index in [1.807, 2.05) is 0 Å². The minimum atomic E-state index is -0.429. The molecule has 0 unspecified atom stereocenters. The van der Waals surface area contributed by atoms with Gasteiger partial charge in [0.05, 0.1) is 11.9 Å². The molecule has 1 aromatic heterocycles. The molecule has 5 nitrogen and oxygen atoms in total. The zero-order valence-corrected chi connectivity index (χ0v) is 8.95. The average molecular weight is 237 g/mol. The second-order valence-corrected chi connectivity index (χ2v) is 3.55. The number of aromatic nitrogens is 2. The number of nitrogen functional groups attached to an aromatic ring is 1. The highest BCUT2D eigenvalue weighted by Gasteiger charge is 2.04. The zero-order valence-electron chi connectivity index (χ0n) is 8.20. The molecule has 0 atom stereocenters. The predicted octanol–water partition coefficient (Wildman–Crippen LogP) is 1.75. The quantitative estimate of drug-likeness (QED) is 0.694. The predicted molar refractivity (Wildman–Crippen MR) is 64.0 cm³/mol. The third-order valence-corrected chi connectivity index (χ3v) is 2.36. The van der Waals surface area contributed by atoms with Crippen LogP contribution in [0.25, 0.3) is 0 Å². The van der Waals surface area contributed by atoms with Crippen molar-refractivity contribution in [2.24, 2.45) is 0 Å². The molecule has 0 radical (unpaired) electrons. The van der Waals surface area contributed by atoms with Gasteiger partial charge in [-0.1, -0.05) is 11.6 Å². The minimum Gasteiger partial charge on any atom is -0.399 e. The summed E-state index contributed by atoms with van der Waals surface area (Å²) in [6.07, 6.45) is 1.44. The summed E-state index contributed by atoms with van der Waals surface area (Å²) in [4.78, 5) is 11.2. The molecule has 1 heterocycles. The van der Waals surface area contributed by atoms with Crippen molar-refractivity contribution >= 4 is 28.7 Å². The lowest BCUT2D eigenvalue weighted by Crippen LogP contribution is -2.10. The van der Waals surface area contributed by atoms with Crippen molar-refractivity contribution in [3.8, 4) is 0 Å². The fourth-order valence-corrected chi connectivity index (χ4v) is 1.33. The molecular formula is C10H9ClN4O. The molecule has 0 aliphatic heterocycles. The van der Waals surface area contributed by atoms with E-state index >= 15 is 0 Å². The first-order valence-electron chi connectivity index (χ1n) is 4.52. The maximum absolute atomic E-state index is 11.2. The largest absolute Gasteiger partial charge is 0.399 e. The van der Waals surface area contributed by atoms with Crippen molar-refractivity contribution in [3.63, 3.8) is 0 Å². The highest BCUT2D eigenvalue weighted by Crippen LogP contribution is 2.21. The fraction of sp³-hybridized carbons (Fsp3) is 0. The monoisotopic (exact) mass is 236 g/mol. The Hall–Kier alpha value is -2.01. The first kappa shape index (κ1) is 10.5. The SMILES string of the molecule is Nc1ccc(Nc2cn[nH]c(=O)c2Cl)cc1. The second kappa shape index (κ2) is 4.24. The van der Waals surface area contributed by atoms with Gasteiger partial charge in [-0.3, -0.25) is 4.79 Å². The van der Waals surface area contributed by atoms with E-state index in [0.717, 1.165) is 5.69 Å². The first-order valence-corrected chi connectivity index (χ1v) is 4.90. The summed E-state index contributed by atoms with van der Waals surface area (Å²) in [5.41, 5.74) is 7.03. The highest BCUT2D eigenvalue weighted by molar-refractivity contribution is 6.33. The summed E-state index contributed by atoms with van der Waals surface area (Å²) in [5, 5.41) is 8.93. The van der Waals surface area contributed by atoms with Gasteiger partial charge in [-0.05, 0) is 24.3 Å². The van der Waals surface area contributed by atoms with Crippen LogP contribution in [0.4, 0.5) is 17.1 Å². The van der Waals surface area contributed by atoms with E-state index in [1.165, 1.54) is 6.20 Å². The summed E-state index contributed by atoms with van der Waals surface area (Å²) in [7, 11) is 0. The van der Waals surface area contributed by atoms with E-state index in [-0.39, 0.29) is 5.02 Å². The molecule has 2 rings (SSSR count). The van der Waals surface area contributed by atoms with Crippen LogP contribution >= 0.6 is 11.6 Å². The van der Waals surface area contributed by atoms with Crippen LogP contribution in [-0.2, 0) is 0 Å². The number of anilines is 3. The molecule has 0 bridgehead atoms. The number of rotatable bonds is 2. The van der Waals surface area contributed by atoms with E-state index < -0.39 is 5.56 Å². The van der Waals surface area contributed by atoms with Crippen molar-refractivity contribution in [3.05, 3.63) is 45.8 Å². The molecule has 0 spiro atoms. The number of halogens is 1. The molecule has 2 aromatic rings. The van der Waals surface area contributed by atoms with Crippen molar-refractivity contribution in [1.29, 1.82) is 0 Å². The lowest BCUT2D eigenvalue weighted by atomic mass is 10.3. The van der Waals surface area contributed by atoms with Gasteiger partial charge in [0.1, 0.15) is 5.02 Å². The Labute approximate surface area is 96.3 Å². The summed E-state index contributed by atoms with van der Waals surface area (Å²) < 4.78 is 0. The van der Waals surface area contributed by atoms with Crippen LogP contribution in [0.3, 0.4) is 0 Å². The number of nitrogens with one attached hydrogen (secondary N) is 2. The molecule has 4 N–H and O–H groups in total. The topological polar surface area (TPSA) is 83.8 Å². The number of hydrogen-bond acceptors (Lipinski definition) is 4. The van der Waals surface area contributed by atoms with Crippen LogP contribution < -0.4 is 16.6 Å². The van der Waals surface area contributed by atoms with Crippen molar-refractivity contribution in [1.82, 2.24) is 10.2 Å². The van der Waals surface area contributed by atoms with Gasteiger partial charge >= 0.3 is 0 Å². The second-order valence-electron chi connectivity index (χ2n) is 3.17. The van der Waals surface area contributed by atoms with Crippen LogP contribution in [0.5, 0.6) is 0 Å². The van der Waals surface area contributed by atoms with Crippen molar-refractivity contribution in [2.45, 2.75) is 0 Å². The van der Waals surface area contributed by atoms with Crippen LogP contribution in [-0.4, -0.2) is 10.2 Å². The molecular weight excluding hydrogens is 228 g/mol. The number of benzene rings is 1. The molecule has 1 aromatic carbocycles. The van der Waals surface area contributed by atoms with E-state index in [1.54, 1.807) is 24.3 Å². The number of hydrogen-bond donors (Lipinski definition) is 3. The maximum atomic E-state index is 11.2. The summed E-state index contributed by atoms with van der Waals surface area (Å²) in [6, 6.07) is 7.06. The Bertz CT molecular complexity index is 549. The fourth-order valence-electron chi connectivity index (χ4n) is 1.19. The Morgan fingerprint density at radius 3 is 2.69 bits per heavy atom. The average Bonchev–Trinajstić information content (AvgIpc) is 2.28. The Balaban J connectivity index is 2.30. The van der Waals surface area contributed by atoms with E-state index in [2.05, 4.69) is 15.5 Å². The first-order chi connectivity index (χ1) is 7.66.